The predicted octanol–water partition coefficient (Wildman–Crippen LogP) is 2.12. The second kappa shape index (κ2) is 7.61. The van der Waals surface area contributed by atoms with Crippen molar-refractivity contribution < 1.29 is 14.3 Å². The summed E-state index contributed by atoms with van der Waals surface area (Å²) >= 11 is 0. The van der Waals surface area contributed by atoms with Crippen LogP contribution >= 0.6 is 0 Å². The Hall–Kier alpha value is -1.68. The van der Waals surface area contributed by atoms with E-state index in [0.717, 1.165) is 5.56 Å². The van der Waals surface area contributed by atoms with Gasteiger partial charge >= 0.3 is 0 Å². The van der Waals surface area contributed by atoms with Crippen molar-refractivity contribution in [3.63, 3.8) is 0 Å². The molecule has 18 heavy (non-hydrogen) atoms. The fourth-order valence-corrected chi connectivity index (χ4v) is 1.37. The highest BCUT2D eigenvalue weighted by Gasteiger charge is 1.99. The molecule has 0 saturated heterocycles. The molecule has 1 rings (SSSR count). The summed E-state index contributed by atoms with van der Waals surface area (Å²) < 4.78 is 12.6. The number of aliphatic hydroxyl groups excluding tert-OH is 1. The molecule has 1 amide bonds. The molecule has 2 N–H and O–H groups in total. The molecule has 0 bridgehead atoms. The minimum Gasteiger partial charge on any atom is -0.393 e. The number of benzene rings is 1. The quantitative estimate of drug-likeness (QED) is 0.813. The van der Waals surface area contributed by atoms with Crippen molar-refractivity contribution in [1.29, 1.82) is 0 Å². The smallest absolute Gasteiger partial charge is 0.223 e. The van der Waals surface area contributed by atoms with Gasteiger partial charge in [0.15, 0.2) is 0 Å². The van der Waals surface area contributed by atoms with Gasteiger partial charge in [-0.1, -0.05) is 24.3 Å². The van der Waals surface area contributed by atoms with E-state index >= 15 is 0 Å². The molecule has 1 aromatic carbocycles. The van der Waals surface area contributed by atoms with E-state index < -0.39 is 6.10 Å². The Morgan fingerprint density at radius 3 is 2.72 bits per heavy atom. The molecule has 0 aliphatic carbocycles. The maximum atomic E-state index is 12.6. The third-order valence-electron chi connectivity index (χ3n) is 2.37. The van der Waals surface area contributed by atoms with Crippen LogP contribution in [0.2, 0.25) is 0 Å². The van der Waals surface area contributed by atoms with Crippen molar-refractivity contribution >= 4 is 12.0 Å². The summed E-state index contributed by atoms with van der Waals surface area (Å²) in [5.74, 6) is -0.364. The zero-order valence-electron chi connectivity index (χ0n) is 10.4. The van der Waals surface area contributed by atoms with Crippen molar-refractivity contribution in [2.24, 2.45) is 0 Å². The first-order valence-electron chi connectivity index (χ1n) is 5.95. The molecule has 3 nitrogen and oxygen atoms in total. The number of rotatable bonds is 6. The zero-order chi connectivity index (χ0) is 13.4. The number of halogens is 1. The van der Waals surface area contributed by atoms with E-state index in [2.05, 4.69) is 5.32 Å². The topological polar surface area (TPSA) is 49.3 Å². The molecule has 0 aliphatic rings. The number of aliphatic hydroxyl groups is 1. The van der Waals surface area contributed by atoms with Crippen LogP contribution < -0.4 is 5.32 Å². The number of amides is 1. The molecule has 0 saturated carbocycles. The average Bonchev–Trinajstić information content (AvgIpc) is 2.31. The van der Waals surface area contributed by atoms with Crippen molar-refractivity contribution in [2.75, 3.05) is 6.54 Å². The van der Waals surface area contributed by atoms with Crippen LogP contribution in [-0.2, 0) is 4.79 Å². The number of carbonyl (C=O) groups excluding carboxylic acids is 1. The molecule has 0 radical (unpaired) electrons. The first-order valence-corrected chi connectivity index (χ1v) is 5.95. The molecule has 1 unspecified atom stereocenters. The summed E-state index contributed by atoms with van der Waals surface area (Å²) in [5, 5.41) is 11.7. The van der Waals surface area contributed by atoms with Gasteiger partial charge in [0, 0.05) is 13.0 Å². The first kappa shape index (κ1) is 14.4. The SMILES string of the molecule is CC(O)CCNC(=O)C/C=C/c1ccc(F)cc1. The number of carbonyl (C=O) groups is 1. The van der Waals surface area contributed by atoms with Gasteiger partial charge in [0.05, 0.1) is 6.10 Å². The third kappa shape index (κ3) is 6.15. The van der Waals surface area contributed by atoms with Gasteiger partial charge in [0.1, 0.15) is 5.82 Å². The Labute approximate surface area is 106 Å². The van der Waals surface area contributed by atoms with Gasteiger partial charge in [-0.2, -0.15) is 0 Å². The minimum absolute atomic E-state index is 0.0889. The van der Waals surface area contributed by atoms with E-state index in [4.69, 9.17) is 5.11 Å². The van der Waals surface area contributed by atoms with Crippen molar-refractivity contribution in [2.45, 2.75) is 25.9 Å². The van der Waals surface area contributed by atoms with Crippen LogP contribution in [0, 0.1) is 5.82 Å². The van der Waals surface area contributed by atoms with E-state index in [1.54, 1.807) is 31.2 Å². The van der Waals surface area contributed by atoms with Gasteiger partial charge in [-0.3, -0.25) is 4.79 Å². The minimum atomic E-state index is -0.403. The fourth-order valence-electron chi connectivity index (χ4n) is 1.37. The van der Waals surface area contributed by atoms with E-state index in [1.807, 2.05) is 0 Å². The van der Waals surface area contributed by atoms with Crippen LogP contribution in [0.1, 0.15) is 25.3 Å². The maximum Gasteiger partial charge on any atom is 0.223 e. The summed E-state index contributed by atoms with van der Waals surface area (Å²) in [7, 11) is 0. The van der Waals surface area contributed by atoms with Crippen LogP contribution in [-0.4, -0.2) is 23.7 Å². The Balaban J connectivity index is 2.27. The Bertz CT molecular complexity index is 399. The highest BCUT2D eigenvalue weighted by Crippen LogP contribution is 2.05. The van der Waals surface area contributed by atoms with Gasteiger partial charge in [0.2, 0.25) is 5.91 Å². The van der Waals surface area contributed by atoms with Crippen molar-refractivity contribution in [3.8, 4) is 0 Å². The van der Waals surface area contributed by atoms with Gasteiger partial charge in [-0.25, -0.2) is 4.39 Å². The van der Waals surface area contributed by atoms with Crippen molar-refractivity contribution in [3.05, 3.63) is 41.7 Å². The van der Waals surface area contributed by atoms with Crippen LogP contribution in [0.5, 0.6) is 0 Å². The molecule has 0 fully saturated rings. The highest BCUT2D eigenvalue weighted by molar-refractivity contribution is 5.78. The predicted molar refractivity (Wildman–Crippen MR) is 69.4 cm³/mol. The van der Waals surface area contributed by atoms with Crippen LogP contribution in [0.4, 0.5) is 4.39 Å². The van der Waals surface area contributed by atoms with E-state index in [1.165, 1.54) is 12.1 Å². The summed E-state index contributed by atoms with van der Waals surface area (Å²) in [6, 6.07) is 6.05. The summed E-state index contributed by atoms with van der Waals surface area (Å²) in [4.78, 5) is 11.4. The molecular weight excluding hydrogens is 233 g/mol. The highest BCUT2D eigenvalue weighted by atomic mass is 19.1. The van der Waals surface area contributed by atoms with Crippen LogP contribution in [0.25, 0.3) is 6.08 Å². The van der Waals surface area contributed by atoms with Crippen LogP contribution in [0.15, 0.2) is 30.3 Å². The Kier molecular flexibility index (Phi) is 6.08. The Morgan fingerprint density at radius 1 is 1.44 bits per heavy atom. The largest absolute Gasteiger partial charge is 0.393 e. The molecule has 4 heteroatoms. The number of hydrogen-bond donors (Lipinski definition) is 2. The normalized spacial score (nSPS) is 12.6. The summed E-state index contributed by atoms with van der Waals surface area (Å²) in [6.07, 6.45) is 3.92. The lowest BCUT2D eigenvalue weighted by atomic mass is 10.2. The van der Waals surface area contributed by atoms with Crippen LogP contribution in [0.3, 0.4) is 0 Å². The second-order valence-electron chi connectivity index (χ2n) is 4.15. The van der Waals surface area contributed by atoms with E-state index in [0.29, 0.717) is 13.0 Å². The number of hydrogen-bond acceptors (Lipinski definition) is 2. The lowest BCUT2D eigenvalue weighted by molar-refractivity contribution is -0.120. The monoisotopic (exact) mass is 251 g/mol. The molecule has 0 heterocycles. The molecular formula is C14H18FNO2. The van der Waals surface area contributed by atoms with E-state index in [-0.39, 0.29) is 18.1 Å². The van der Waals surface area contributed by atoms with Gasteiger partial charge in [-0.05, 0) is 31.0 Å². The molecule has 0 aliphatic heterocycles. The van der Waals surface area contributed by atoms with Gasteiger partial charge < -0.3 is 10.4 Å². The summed E-state index contributed by atoms with van der Waals surface area (Å²) in [6.45, 7) is 2.15. The van der Waals surface area contributed by atoms with E-state index in [9.17, 15) is 9.18 Å². The molecule has 0 aromatic heterocycles. The average molecular weight is 251 g/mol. The zero-order valence-corrected chi connectivity index (χ0v) is 10.4. The second-order valence-corrected chi connectivity index (χ2v) is 4.15. The first-order chi connectivity index (χ1) is 8.58. The van der Waals surface area contributed by atoms with Gasteiger partial charge in [-0.15, -0.1) is 0 Å². The molecule has 0 spiro atoms. The van der Waals surface area contributed by atoms with Gasteiger partial charge in [0.25, 0.3) is 0 Å². The molecule has 1 aromatic rings. The lowest BCUT2D eigenvalue weighted by Gasteiger charge is -2.04. The summed E-state index contributed by atoms with van der Waals surface area (Å²) in [5.41, 5.74) is 0.855. The number of nitrogens with one attached hydrogen (secondary N) is 1. The maximum absolute atomic E-state index is 12.6. The van der Waals surface area contributed by atoms with Crippen molar-refractivity contribution in [1.82, 2.24) is 5.32 Å². The molecule has 1 atom stereocenters. The standard InChI is InChI=1S/C14H18FNO2/c1-11(17)9-10-16-14(18)4-2-3-12-5-7-13(15)8-6-12/h2-3,5-8,11,17H,4,9-10H2,1H3,(H,16,18)/b3-2+. The third-order valence-corrected chi connectivity index (χ3v) is 2.37. The lowest BCUT2D eigenvalue weighted by Crippen LogP contribution is -2.25. The molecule has 98 valence electrons. The fraction of sp³-hybridized carbons (Fsp3) is 0.357. The Morgan fingerprint density at radius 2 is 2.11 bits per heavy atom.